The standard InChI is InChI=1S/C11H17N.C2H6/c1-7(2)11-6-8(3)12-10(5)9(11)4;1-2/h6-7H,1-5H3;1-2H3. The van der Waals surface area contributed by atoms with Crippen molar-refractivity contribution in [3.63, 3.8) is 0 Å². The first-order valence-corrected chi connectivity index (χ1v) is 5.47. The molecule has 0 aliphatic rings. The van der Waals surface area contributed by atoms with Gasteiger partial charge in [-0.1, -0.05) is 27.7 Å². The summed E-state index contributed by atoms with van der Waals surface area (Å²) >= 11 is 0. The topological polar surface area (TPSA) is 12.9 Å². The second kappa shape index (κ2) is 5.79. The van der Waals surface area contributed by atoms with E-state index in [1.54, 1.807) is 0 Å². The van der Waals surface area contributed by atoms with E-state index in [9.17, 15) is 0 Å². The molecule has 0 aliphatic carbocycles. The summed E-state index contributed by atoms with van der Waals surface area (Å²) in [5.74, 6) is 0.602. The van der Waals surface area contributed by atoms with Gasteiger partial charge < -0.3 is 0 Å². The van der Waals surface area contributed by atoms with Crippen molar-refractivity contribution >= 4 is 0 Å². The van der Waals surface area contributed by atoms with E-state index in [4.69, 9.17) is 0 Å². The lowest BCUT2D eigenvalue weighted by Crippen LogP contribution is -1.99. The van der Waals surface area contributed by atoms with Gasteiger partial charge in [-0.2, -0.15) is 0 Å². The van der Waals surface area contributed by atoms with Crippen LogP contribution < -0.4 is 0 Å². The van der Waals surface area contributed by atoms with Crippen LogP contribution in [-0.2, 0) is 0 Å². The van der Waals surface area contributed by atoms with Crippen molar-refractivity contribution in [2.75, 3.05) is 0 Å². The van der Waals surface area contributed by atoms with Crippen LogP contribution >= 0.6 is 0 Å². The predicted molar refractivity (Wildman–Crippen MR) is 63.9 cm³/mol. The molecule has 0 radical (unpaired) electrons. The maximum atomic E-state index is 4.42. The van der Waals surface area contributed by atoms with E-state index in [0.29, 0.717) is 5.92 Å². The van der Waals surface area contributed by atoms with Crippen LogP contribution in [0.15, 0.2) is 6.07 Å². The Morgan fingerprint density at radius 2 is 1.57 bits per heavy atom. The van der Waals surface area contributed by atoms with E-state index >= 15 is 0 Å². The van der Waals surface area contributed by atoms with Crippen LogP contribution in [0, 0.1) is 20.8 Å². The summed E-state index contributed by atoms with van der Waals surface area (Å²) in [5.41, 5.74) is 5.07. The van der Waals surface area contributed by atoms with Gasteiger partial charge in [0.2, 0.25) is 0 Å². The Morgan fingerprint density at radius 3 is 2.00 bits per heavy atom. The molecule has 0 saturated carbocycles. The Balaban J connectivity index is 0.000000791. The van der Waals surface area contributed by atoms with E-state index in [1.165, 1.54) is 16.8 Å². The Morgan fingerprint density at radius 1 is 1.07 bits per heavy atom. The largest absolute Gasteiger partial charge is 0.258 e. The molecule has 0 aliphatic heterocycles. The molecule has 0 N–H and O–H groups in total. The minimum absolute atomic E-state index is 0.602. The summed E-state index contributed by atoms with van der Waals surface area (Å²) in [6.07, 6.45) is 0. The lowest BCUT2D eigenvalue weighted by atomic mass is 9.97. The molecule has 1 aromatic heterocycles. The summed E-state index contributed by atoms with van der Waals surface area (Å²) in [5, 5.41) is 0. The highest BCUT2D eigenvalue weighted by atomic mass is 14.7. The molecule has 1 rings (SSSR count). The van der Waals surface area contributed by atoms with E-state index in [0.717, 1.165) is 5.69 Å². The van der Waals surface area contributed by atoms with Crippen LogP contribution in [0.5, 0.6) is 0 Å². The lowest BCUT2D eigenvalue weighted by Gasteiger charge is -2.12. The van der Waals surface area contributed by atoms with Crippen molar-refractivity contribution in [3.05, 3.63) is 28.6 Å². The van der Waals surface area contributed by atoms with Gasteiger partial charge in [0.05, 0.1) is 0 Å². The van der Waals surface area contributed by atoms with Crippen LogP contribution in [0.2, 0.25) is 0 Å². The molecule has 80 valence electrons. The van der Waals surface area contributed by atoms with Crippen molar-refractivity contribution in [2.24, 2.45) is 0 Å². The molecule has 0 atom stereocenters. The van der Waals surface area contributed by atoms with Gasteiger partial charge in [-0.15, -0.1) is 0 Å². The molecule has 1 aromatic rings. The predicted octanol–water partition coefficient (Wildman–Crippen LogP) is 4.16. The number of aryl methyl sites for hydroxylation is 2. The first kappa shape index (κ1) is 13.2. The van der Waals surface area contributed by atoms with Gasteiger partial charge >= 0.3 is 0 Å². The summed E-state index contributed by atoms with van der Waals surface area (Å²) in [6.45, 7) is 14.7. The Bertz CT molecular complexity index is 288. The highest BCUT2D eigenvalue weighted by Gasteiger charge is 2.06. The fourth-order valence-electron chi connectivity index (χ4n) is 1.52. The van der Waals surface area contributed by atoms with E-state index in [-0.39, 0.29) is 0 Å². The van der Waals surface area contributed by atoms with Gasteiger partial charge in [-0.05, 0) is 43.9 Å². The van der Waals surface area contributed by atoms with Crippen molar-refractivity contribution in [1.29, 1.82) is 0 Å². The average Bonchev–Trinajstić information content (AvgIpc) is 2.14. The van der Waals surface area contributed by atoms with Crippen LogP contribution in [0.1, 0.15) is 56.1 Å². The van der Waals surface area contributed by atoms with E-state index in [2.05, 4.69) is 45.7 Å². The smallest absolute Gasteiger partial charge is 0.0407 e. The first-order chi connectivity index (χ1) is 6.52. The van der Waals surface area contributed by atoms with Gasteiger partial charge in [0, 0.05) is 11.4 Å². The molecular weight excluding hydrogens is 170 g/mol. The number of pyridine rings is 1. The first-order valence-electron chi connectivity index (χ1n) is 5.47. The zero-order valence-electron chi connectivity index (χ0n) is 10.6. The second-order valence-electron chi connectivity index (χ2n) is 3.72. The maximum Gasteiger partial charge on any atom is 0.0407 e. The average molecular weight is 193 g/mol. The summed E-state index contributed by atoms with van der Waals surface area (Å²) in [6, 6.07) is 2.19. The molecule has 1 nitrogen and oxygen atoms in total. The Hall–Kier alpha value is -0.850. The lowest BCUT2D eigenvalue weighted by molar-refractivity contribution is 0.841. The molecule has 1 heteroatoms. The second-order valence-corrected chi connectivity index (χ2v) is 3.72. The fourth-order valence-corrected chi connectivity index (χ4v) is 1.52. The minimum atomic E-state index is 0.602. The van der Waals surface area contributed by atoms with Crippen LogP contribution in [0.4, 0.5) is 0 Å². The molecule has 0 aromatic carbocycles. The fraction of sp³-hybridized carbons (Fsp3) is 0.615. The van der Waals surface area contributed by atoms with Gasteiger partial charge in [0.15, 0.2) is 0 Å². The van der Waals surface area contributed by atoms with Crippen molar-refractivity contribution in [2.45, 2.75) is 54.4 Å². The SMILES string of the molecule is CC.Cc1cc(C(C)C)c(C)c(C)n1. The number of aromatic nitrogens is 1. The number of nitrogens with zero attached hydrogens (tertiary/aromatic N) is 1. The number of rotatable bonds is 1. The molecule has 0 unspecified atom stereocenters. The van der Waals surface area contributed by atoms with E-state index < -0.39 is 0 Å². The van der Waals surface area contributed by atoms with Gasteiger partial charge in [0.25, 0.3) is 0 Å². The molecule has 0 saturated heterocycles. The normalized spacial score (nSPS) is 9.71. The third-order valence-corrected chi connectivity index (χ3v) is 2.31. The maximum absolute atomic E-state index is 4.42. The zero-order valence-corrected chi connectivity index (χ0v) is 10.6. The molecule has 0 amide bonds. The van der Waals surface area contributed by atoms with Crippen LogP contribution in [0.25, 0.3) is 0 Å². The van der Waals surface area contributed by atoms with Gasteiger partial charge in [0.1, 0.15) is 0 Å². The molecule has 14 heavy (non-hydrogen) atoms. The summed E-state index contributed by atoms with van der Waals surface area (Å²) < 4.78 is 0. The van der Waals surface area contributed by atoms with Gasteiger partial charge in [-0.3, -0.25) is 4.98 Å². The summed E-state index contributed by atoms with van der Waals surface area (Å²) in [7, 11) is 0. The zero-order chi connectivity index (χ0) is 11.3. The highest BCUT2D eigenvalue weighted by Crippen LogP contribution is 2.21. The number of hydrogen-bond donors (Lipinski definition) is 0. The van der Waals surface area contributed by atoms with Crippen LogP contribution in [0.3, 0.4) is 0 Å². The Labute approximate surface area is 88.6 Å². The quantitative estimate of drug-likeness (QED) is 0.652. The third kappa shape index (κ3) is 3.13. The van der Waals surface area contributed by atoms with Crippen LogP contribution in [-0.4, -0.2) is 4.98 Å². The monoisotopic (exact) mass is 193 g/mol. The third-order valence-electron chi connectivity index (χ3n) is 2.31. The number of hydrogen-bond acceptors (Lipinski definition) is 1. The molecule has 0 fully saturated rings. The van der Waals surface area contributed by atoms with Crippen molar-refractivity contribution in [1.82, 2.24) is 4.98 Å². The van der Waals surface area contributed by atoms with E-state index in [1.807, 2.05) is 13.8 Å². The Kier molecular flexibility index (Phi) is 5.44. The summed E-state index contributed by atoms with van der Waals surface area (Å²) in [4.78, 5) is 4.42. The molecular formula is C13H23N. The molecule has 0 spiro atoms. The van der Waals surface area contributed by atoms with Crippen molar-refractivity contribution in [3.8, 4) is 0 Å². The molecule has 1 heterocycles. The highest BCUT2D eigenvalue weighted by molar-refractivity contribution is 5.32. The molecule has 0 bridgehead atoms. The van der Waals surface area contributed by atoms with Crippen molar-refractivity contribution < 1.29 is 0 Å². The van der Waals surface area contributed by atoms with Gasteiger partial charge in [-0.25, -0.2) is 0 Å². The minimum Gasteiger partial charge on any atom is -0.258 e.